The van der Waals surface area contributed by atoms with Crippen LogP contribution in [-0.4, -0.2) is 74.4 Å². The van der Waals surface area contributed by atoms with Crippen LogP contribution >= 0.6 is 0 Å². The van der Waals surface area contributed by atoms with Gasteiger partial charge in [0.15, 0.2) is 5.76 Å². The van der Waals surface area contributed by atoms with Gasteiger partial charge in [-0.25, -0.2) is 0 Å². The van der Waals surface area contributed by atoms with Gasteiger partial charge in [-0.1, -0.05) is 0 Å². The molecule has 0 bridgehead atoms. The lowest BCUT2D eigenvalue weighted by atomic mass is 9.87. The van der Waals surface area contributed by atoms with Gasteiger partial charge < -0.3 is 18.8 Å². The molecule has 0 radical (unpaired) electrons. The van der Waals surface area contributed by atoms with Gasteiger partial charge in [-0.3, -0.25) is 9.69 Å². The average molecular weight is 348 g/mol. The number of furan rings is 1. The van der Waals surface area contributed by atoms with E-state index in [1.54, 1.807) is 6.07 Å². The van der Waals surface area contributed by atoms with Gasteiger partial charge in [0.1, 0.15) is 5.76 Å². The Balaban J connectivity index is 1.45. The van der Waals surface area contributed by atoms with Crippen molar-refractivity contribution < 1.29 is 18.7 Å². The van der Waals surface area contributed by atoms with Crippen LogP contribution in [0.1, 0.15) is 35.6 Å². The van der Waals surface area contributed by atoms with E-state index in [4.69, 9.17) is 13.9 Å². The summed E-state index contributed by atoms with van der Waals surface area (Å²) in [5.74, 6) is 1.20. The maximum absolute atomic E-state index is 12.8. The third-order valence-electron chi connectivity index (χ3n) is 5.85. The van der Waals surface area contributed by atoms with E-state index in [0.717, 1.165) is 64.5 Å². The molecule has 0 N–H and O–H groups in total. The first-order valence-electron chi connectivity index (χ1n) is 9.41. The molecule has 0 aromatic carbocycles. The molecule has 1 spiro atoms. The molecule has 3 saturated heterocycles. The monoisotopic (exact) mass is 348 g/mol. The fourth-order valence-corrected chi connectivity index (χ4v) is 4.45. The lowest BCUT2D eigenvalue weighted by Crippen LogP contribution is -2.45. The number of aryl methyl sites for hydroxylation is 1. The van der Waals surface area contributed by atoms with E-state index < -0.39 is 0 Å². The molecule has 3 aliphatic rings. The summed E-state index contributed by atoms with van der Waals surface area (Å²) in [7, 11) is 0. The Kier molecular flexibility index (Phi) is 4.84. The standard InChI is InChI=1S/C19H28N2O4/c1-15-2-3-17(25-15)18(22)21-8-11-24-14-19(13-21)6-7-20(12-19)16-4-9-23-10-5-16/h2-3,16H,4-14H2,1H3/t19-/m1/s1. The summed E-state index contributed by atoms with van der Waals surface area (Å²) in [6.45, 7) is 8.45. The number of likely N-dealkylation sites (tertiary alicyclic amines) is 1. The minimum atomic E-state index is -0.0116. The van der Waals surface area contributed by atoms with Gasteiger partial charge in [0, 0.05) is 44.3 Å². The molecule has 1 aromatic heterocycles. The molecule has 4 rings (SSSR count). The lowest BCUT2D eigenvalue weighted by molar-refractivity contribution is 0.0283. The van der Waals surface area contributed by atoms with E-state index in [1.165, 1.54) is 0 Å². The summed E-state index contributed by atoms with van der Waals surface area (Å²) in [5, 5.41) is 0. The first kappa shape index (κ1) is 17.1. The van der Waals surface area contributed by atoms with Crippen molar-refractivity contribution in [1.29, 1.82) is 0 Å². The first-order chi connectivity index (χ1) is 12.2. The molecular weight excluding hydrogens is 320 g/mol. The second-order valence-electron chi connectivity index (χ2n) is 7.75. The average Bonchev–Trinajstić information content (AvgIpc) is 3.18. The molecule has 25 heavy (non-hydrogen) atoms. The third-order valence-corrected chi connectivity index (χ3v) is 5.85. The number of carbonyl (C=O) groups excluding carboxylic acids is 1. The zero-order valence-electron chi connectivity index (χ0n) is 15.0. The van der Waals surface area contributed by atoms with Crippen LogP contribution in [-0.2, 0) is 9.47 Å². The highest BCUT2D eigenvalue weighted by atomic mass is 16.5. The Bertz CT molecular complexity index is 610. The fourth-order valence-electron chi connectivity index (χ4n) is 4.45. The molecule has 1 amide bonds. The minimum Gasteiger partial charge on any atom is -0.456 e. The summed E-state index contributed by atoms with van der Waals surface area (Å²) >= 11 is 0. The van der Waals surface area contributed by atoms with Crippen LogP contribution in [0.2, 0.25) is 0 Å². The molecule has 4 heterocycles. The second kappa shape index (κ2) is 7.09. The van der Waals surface area contributed by atoms with E-state index in [0.29, 0.717) is 25.0 Å². The highest BCUT2D eigenvalue weighted by molar-refractivity contribution is 5.91. The van der Waals surface area contributed by atoms with Gasteiger partial charge in [0.2, 0.25) is 0 Å². The number of rotatable bonds is 2. The highest BCUT2D eigenvalue weighted by Crippen LogP contribution is 2.36. The SMILES string of the molecule is Cc1ccc(C(=O)N2CCOC[C@@]3(CCN(C4CCOCC4)C3)C2)o1. The molecule has 3 fully saturated rings. The minimum absolute atomic E-state index is 0.0116. The number of hydrogen-bond donors (Lipinski definition) is 0. The van der Waals surface area contributed by atoms with Gasteiger partial charge in [-0.15, -0.1) is 0 Å². The van der Waals surface area contributed by atoms with Gasteiger partial charge >= 0.3 is 0 Å². The molecule has 0 unspecified atom stereocenters. The van der Waals surface area contributed by atoms with Crippen LogP contribution in [0, 0.1) is 12.3 Å². The van der Waals surface area contributed by atoms with Crippen LogP contribution in [0.25, 0.3) is 0 Å². The Labute approximate surface area is 149 Å². The maximum Gasteiger partial charge on any atom is 0.289 e. The maximum atomic E-state index is 12.8. The van der Waals surface area contributed by atoms with E-state index >= 15 is 0 Å². The fraction of sp³-hybridized carbons (Fsp3) is 0.737. The number of amides is 1. The number of hydrogen-bond acceptors (Lipinski definition) is 5. The van der Waals surface area contributed by atoms with Crippen LogP contribution in [0.3, 0.4) is 0 Å². The quantitative estimate of drug-likeness (QED) is 0.817. The van der Waals surface area contributed by atoms with Crippen molar-refractivity contribution in [3.05, 3.63) is 23.7 Å². The van der Waals surface area contributed by atoms with E-state index in [1.807, 2.05) is 17.9 Å². The third kappa shape index (κ3) is 3.61. The lowest BCUT2D eigenvalue weighted by Gasteiger charge is -2.35. The molecule has 138 valence electrons. The summed E-state index contributed by atoms with van der Waals surface area (Å²) in [6.07, 6.45) is 3.32. The topological polar surface area (TPSA) is 55.2 Å². The first-order valence-corrected chi connectivity index (χ1v) is 9.41. The summed E-state index contributed by atoms with van der Waals surface area (Å²) in [4.78, 5) is 17.4. The van der Waals surface area contributed by atoms with Gasteiger partial charge in [0.05, 0.1) is 13.2 Å². The van der Waals surface area contributed by atoms with Crippen molar-refractivity contribution in [2.24, 2.45) is 5.41 Å². The molecule has 6 heteroatoms. The van der Waals surface area contributed by atoms with Crippen LogP contribution in [0.15, 0.2) is 16.5 Å². The number of carbonyl (C=O) groups is 1. The van der Waals surface area contributed by atoms with Gasteiger partial charge in [-0.2, -0.15) is 0 Å². The zero-order chi connectivity index (χ0) is 17.3. The van der Waals surface area contributed by atoms with Crippen molar-refractivity contribution in [3.8, 4) is 0 Å². The molecule has 0 aliphatic carbocycles. The van der Waals surface area contributed by atoms with Crippen LogP contribution in [0.5, 0.6) is 0 Å². The number of ether oxygens (including phenoxy) is 2. The van der Waals surface area contributed by atoms with Crippen molar-refractivity contribution in [2.75, 3.05) is 52.6 Å². The molecule has 0 saturated carbocycles. The van der Waals surface area contributed by atoms with Crippen LogP contribution in [0.4, 0.5) is 0 Å². The Hall–Kier alpha value is -1.37. The van der Waals surface area contributed by atoms with E-state index in [9.17, 15) is 4.79 Å². The predicted molar refractivity (Wildman–Crippen MR) is 92.6 cm³/mol. The molecule has 6 nitrogen and oxygen atoms in total. The predicted octanol–water partition coefficient (Wildman–Crippen LogP) is 1.93. The Morgan fingerprint density at radius 1 is 1.12 bits per heavy atom. The Morgan fingerprint density at radius 2 is 1.96 bits per heavy atom. The van der Waals surface area contributed by atoms with Gasteiger partial charge in [0.25, 0.3) is 5.91 Å². The summed E-state index contributed by atoms with van der Waals surface area (Å²) < 4.78 is 17.0. The molecule has 3 aliphatic heterocycles. The molecular formula is C19H28N2O4. The van der Waals surface area contributed by atoms with E-state index in [-0.39, 0.29) is 11.3 Å². The largest absolute Gasteiger partial charge is 0.456 e. The van der Waals surface area contributed by atoms with Crippen molar-refractivity contribution in [3.63, 3.8) is 0 Å². The Morgan fingerprint density at radius 3 is 2.72 bits per heavy atom. The highest BCUT2D eigenvalue weighted by Gasteiger charge is 2.44. The van der Waals surface area contributed by atoms with Crippen molar-refractivity contribution >= 4 is 5.91 Å². The second-order valence-corrected chi connectivity index (χ2v) is 7.75. The summed E-state index contributed by atoms with van der Waals surface area (Å²) in [5.41, 5.74) is 0.0477. The number of nitrogens with zero attached hydrogens (tertiary/aromatic N) is 2. The zero-order valence-corrected chi connectivity index (χ0v) is 15.0. The van der Waals surface area contributed by atoms with E-state index in [2.05, 4.69) is 4.90 Å². The van der Waals surface area contributed by atoms with Crippen molar-refractivity contribution in [1.82, 2.24) is 9.80 Å². The molecule has 1 atom stereocenters. The smallest absolute Gasteiger partial charge is 0.289 e. The normalized spacial score (nSPS) is 29.2. The van der Waals surface area contributed by atoms with Crippen LogP contribution < -0.4 is 0 Å². The summed E-state index contributed by atoms with van der Waals surface area (Å²) in [6, 6.07) is 4.24. The van der Waals surface area contributed by atoms with Crippen molar-refractivity contribution in [2.45, 2.75) is 32.2 Å². The van der Waals surface area contributed by atoms with Gasteiger partial charge in [-0.05, 0) is 44.9 Å². The molecule has 1 aromatic rings.